The van der Waals surface area contributed by atoms with Gasteiger partial charge in [0.25, 0.3) is 5.91 Å². The molecule has 2 aromatic rings. The van der Waals surface area contributed by atoms with E-state index in [1.54, 1.807) is 6.07 Å². The number of carbonyl (C=O) groups is 2. The number of thiophene rings is 1. The Labute approximate surface area is 142 Å². The first kappa shape index (κ1) is 16.2. The lowest BCUT2D eigenvalue weighted by Gasteiger charge is -2.15. The zero-order valence-electron chi connectivity index (χ0n) is 12.4. The summed E-state index contributed by atoms with van der Waals surface area (Å²) >= 11 is 7.35. The molecule has 1 aliphatic heterocycles. The Balaban J connectivity index is 1.62. The molecule has 4 nitrogen and oxygen atoms in total. The van der Waals surface area contributed by atoms with Crippen LogP contribution in [0.5, 0.6) is 0 Å². The molecule has 1 saturated heterocycles. The predicted octanol–water partition coefficient (Wildman–Crippen LogP) is 3.44. The minimum Gasteiger partial charge on any atom is -0.351 e. The van der Waals surface area contributed by atoms with Gasteiger partial charge in [-0.3, -0.25) is 9.59 Å². The average Bonchev–Trinajstić information content (AvgIpc) is 3.15. The molecular weight excluding hydrogens is 339 g/mol. The second-order valence-electron chi connectivity index (χ2n) is 5.48. The molecule has 3 rings (SSSR count). The molecule has 2 heterocycles. The smallest absolute Gasteiger partial charge is 0.262 e. The molecule has 1 fully saturated rings. The van der Waals surface area contributed by atoms with Crippen molar-refractivity contribution in [3.63, 3.8) is 0 Å². The van der Waals surface area contributed by atoms with Gasteiger partial charge < -0.3 is 10.2 Å². The van der Waals surface area contributed by atoms with Crippen LogP contribution in [-0.2, 0) is 4.79 Å². The Kier molecular flexibility index (Phi) is 4.82. The molecule has 0 unspecified atom stereocenters. The normalized spacial score (nSPS) is 14.4. The molecule has 1 aromatic carbocycles. The number of nitrogens with one attached hydrogen (secondary N) is 1. The van der Waals surface area contributed by atoms with Crippen LogP contribution in [0.1, 0.15) is 28.9 Å². The van der Waals surface area contributed by atoms with Crippen molar-refractivity contribution in [2.45, 2.75) is 19.3 Å². The van der Waals surface area contributed by atoms with E-state index in [4.69, 9.17) is 11.6 Å². The highest BCUT2D eigenvalue weighted by atomic mass is 35.5. The Hall–Kier alpha value is -1.66. The lowest BCUT2D eigenvalue weighted by Crippen LogP contribution is -2.32. The third-order valence-corrected chi connectivity index (χ3v) is 5.54. The summed E-state index contributed by atoms with van der Waals surface area (Å²) in [5, 5.41) is 3.71. The van der Waals surface area contributed by atoms with E-state index in [-0.39, 0.29) is 30.6 Å². The summed E-state index contributed by atoms with van der Waals surface area (Å²) in [4.78, 5) is 26.3. The number of amides is 2. The first-order chi connectivity index (χ1) is 11.1. The van der Waals surface area contributed by atoms with Crippen LogP contribution in [0.3, 0.4) is 0 Å². The second-order valence-corrected chi connectivity index (χ2v) is 6.91. The predicted molar refractivity (Wildman–Crippen MR) is 89.6 cm³/mol. The number of carbonyl (C=O) groups excluding carboxylic acids is 2. The summed E-state index contributed by atoms with van der Waals surface area (Å²) in [6.45, 7) is 1.88. The lowest BCUT2D eigenvalue weighted by molar-refractivity contribution is -0.129. The summed E-state index contributed by atoms with van der Waals surface area (Å²) in [6, 6.07) is 4.24. The molecule has 1 aromatic heterocycles. The van der Waals surface area contributed by atoms with Gasteiger partial charge in [-0.25, -0.2) is 4.39 Å². The molecule has 2 amide bonds. The molecule has 0 atom stereocenters. The summed E-state index contributed by atoms with van der Waals surface area (Å²) in [5.41, 5.74) is 0. The van der Waals surface area contributed by atoms with Crippen molar-refractivity contribution in [3.8, 4) is 0 Å². The Morgan fingerprint density at radius 3 is 2.78 bits per heavy atom. The average molecular weight is 355 g/mol. The van der Waals surface area contributed by atoms with Crippen molar-refractivity contribution < 1.29 is 14.0 Å². The zero-order chi connectivity index (χ0) is 16.4. The fourth-order valence-electron chi connectivity index (χ4n) is 2.67. The molecule has 0 radical (unpaired) electrons. The molecule has 0 aliphatic carbocycles. The van der Waals surface area contributed by atoms with E-state index >= 15 is 0 Å². The summed E-state index contributed by atoms with van der Waals surface area (Å²) in [5.74, 6) is -0.628. The van der Waals surface area contributed by atoms with Crippen LogP contribution in [0.4, 0.5) is 4.39 Å². The Morgan fingerprint density at radius 2 is 2.04 bits per heavy atom. The van der Waals surface area contributed by atoms with E-state index in [9.17, 15) is 14.0 Å². The number of hydrogen-bond donors (Lipinski definition) is 1. The van der Waals surface area contributed by atoms with E-state index < -0.39 is 0 Å². The summed E-state index contributed by atoms with van der Waals surface area (Å²) in [7, 11) is 0. The highest BCUT2D eigenvalue weighted by Gasteiger charge is 2.20. The van der Waals surface area contributed by atoms with Crippen molar-refractivity contribution in [3.05, 3.63) is 33.9 Å². The van der Waals surface area contributed by atoms with Crippen molar-refractivity contribution >= 4 is 44.8 Å². The van der Waals surface area contributed by atoms with Gasteiger partial charge >= 0.3 is 0 Å². The fraction of sp³-hybridized carbons (Fsp3) is 0.375. The third kappa shape index (κ3) is 3.48. The highest BCUT2D eigenvalue weighted by molar-refractivity contribution is 7.21. The molecule has 0 saturated carbocycles. The van der Waals surface area contributed by atoms with Crippen LogP contribution in [-0.4, -0.2) is 36.3 Å². The Morgan fingerprint density at radius 1 is 1.30 bits per heavy atom. The highest BCUT2D eigenvalue weighted by Crippen LogP contribution is 2.35. The lowest BCUT2D eigenvalue weighted by atomic mass is 10.2. The fourth-order valence-corrected chi connectivity index (χ4v) is 4.13. The van der Waals surface area contributed by atoms with Crippen molar-refractivity contribution in [1.29, 1.82) is 0 Å². The van der Waals surface area contributed by atoms with Gasteiger partial charge in [0.05, 0.1) is 5.02 Å². The second kappa shape index (κ2) is 6.84. The molecule has 1 aliphatic rings. The molecule has 7 heteroatoms. The van der Waals surface area contributed by atoms with Crippen LogP contribution in [0.2, 0.25) is 5.02 Å². The van der Waals surface area contributed by atoms with Gasteiger partial charge in [-0.05, 0) is 31.0 Å². The standard InChI is InChI=1S/C16H16ClFN2O2S/c17-14-11-4-3-10(18)9-12(11)23-15(14)16(22)19-6-5-13(21)20-7-1-2-8-20/h3-4,9H,1-2,5-8H2,(H,19,22). The first-order valence-corrected chi connectivity index (χ1v) is 8.69. The van der Waals surface area contributed by atoms with E-state index in [1.165, 1.54) is 12.1 Å². The van der Waals surface area contributed by atoms with E-state index in [0.29, 0.717) is 20.0 Å². The number of likely N-dealkylation sites (tertiary alicyclic amines) is 1. The Bertz CT molecular complexity index is 756. The molecule has 0 bridgehead atoms. The number of benzene rings is 1. The van der Waals surface area contributed by atoms with Crippen LogP contribution in [0.25, 0.3) is 10.1 Å². The van der Waals surface area contributed by atoms with E-state index in [2.05, 4.69) is 5.32 Å². The maximum absolute atomic E-state index is 13.2. The van der Waals surface area contributed by atoms with E-state index in [0.717, 1.165) is 37.3 Å². The maximum Gasteiger partial charge on any atom is 0.262 e. The van der Waals surface area contributed by atoms with Gasteiger partial charge in [-0.15, -0.1) is 11.3 Å². The molecule has 0 spiro atoms. The van der Waals surface area contributed by atoms with Crippen LogP contribution in [0, 0.1) is 5.82 Å². The van der Waals surface area contributed by atoms with Gasteiger partial charge in [-0.1, -0.05) is 11.6 Å². The van der Waals surface area contributed by atoms with Crippen LogP contribution in [0.15, 0.2) is 18.2 Å². The first-order valence-electron chi connectivity index (χ1n) is 7.50. The van der Waals surface area contributed by atoms with Crippen LogP contribution >= 0.6 is 22.9 Å². The minimum absolute atomic E-state index is 0.0623. The number of halogens is 2. The minimum atomic E-state index is -0.362. The summed E-state index contributed by atoms with van der Waals surface area (Å²) in [6.07, 6.45) is 2.38. The van der Waals surface area contributed by atoms with Gasteiger partial charge in [0.15, 0.2) is 0 Å². The number of nitrogens with zero attached hydrogens (tertiary/aromatic N) is 1. The molecule has 23 heavy (non-hydrogen) atoms. The number of fused-ring (bicyclic) bond motifs is 1. The zero-order valence-corrected chi connectivity index (χ0v) is 14.0. The van der Waals surface area contributed by atoms with Gasteiger partial charge in [0, 0.05) is 36.1 Å². The molecular formula is C16H16ClFN2O2S. The molecule has 122 valence electrons. The monoisotopic (exact) mass is 354 g/mol. The van der Waals surface area contributed by atoms with Crippen molar-refractivity contribution in [2.24, 2.45) is 0 Å². The van der Waals surface area contributed by atoms with Crippen molar-refractivity contribution in [2.75, 3.05) is 19.6 Å². The quantitative estimate of drug-likeness (QED) is 0.914. The largest absolute Gasteiger partial charge is 0.351 e. The summed E-state index contributed by atoms with van der Waals surface area (Å²) < 4.78 is 13.9. The van der Waals surface area contributed by atoms with Gasteiger partial charge in [0.2, 0.25) is 5.91 Å². The van der Waals surface area contributed by atoms with Crippen LogP contribution < -0.4 is 5.32 Å². The number of hydrogen-bond acceptors (Lipinski definition) is 3. The van der Waals surface area contributed by atoms with Crippen molar-refractivity contribution in [1.82, 2.24) is 10.2 Å². The topological polar surface area (TPSA) is 49.4 Å². The third-order valence-electron chi connectivity index (χ3n) is 3.88. The van der Waals surface area contributed by atoms with E-state index in [1.807, 2.05) is 4.90 Å². The number of rotatable bonds is 4. The van der Waals surface area contributed by atoms with Gasteiger partial charge in [-0.2, -0.15) is 0 Å². The van der Waals surface area contributed by atoms with Gasteiger partial charge in [0.1, 0.15) is 10.7 Å². The molecule has 1 N–H and O–H groups in total. The maximum atomic E-state index is 13.2. The SMILES string of the molecule is O=C(NCCC(=O)N1CCCC1)c1sc2cc(F)ccc2c1Cl.